The summed E-state index contributed by atoms with van der Waals surface area (Å²) in [5.41, 5.74) is 1.94. The van der Waals surface area contributed by atoms with Gasteiger partial charge in [-0.05, 0) is 43.0 Å². The number of fused-ring (bicyclic) bond motifs is 7. The van der Waals surface area contributed by atoms with Crippen LogP contribution in [-0.2, 0) is 27.0 Å². The number of carbonyl (C=O) groups is 3. The van der Waals surface area contributed by atoms with Gasteiger partial charge in [0.2, 0.25) is 5.91 Å². The van der Waals surface area contributed by atoms with Gasteiger partial charge >= 0.3 is 0 Å². The van der Waals surface area contributed by atoms with Crippen molar-refractivity contribution in [3.05, 3.63) is 95.1 Å². The fourth-order valence-corrected chi connectivity index (χ4v) is 7.74. The number of aryl methyl sites for hydroxylation is 1. The number of hydrogen-bond acceptors (Lipinski definition) is 4. The fraction of sp³-hybridized carbons (Fsp3) is 0.300. The van der Waals surface area contributed by atoms with E-state index < -0.39 is 16.9 Å². The molecule has 4 aliphatic rings. The Hall–Kier alpha value is -3.77. The summed E-state index contributed by atoms with van der Waals surface area (Å²) in [4.78, 5) is 45.5. The lowest BCUT2D eigenvalue weighted by molar-refractivity contribution is -0.137. The second kappa shape index (κ2) is 7.37. The summed E-state index contributed by atoms with van der Waals surface area (Å²) in [6.45, 7) is 2.72. The Morgan fingerprint density at radius 3 is 2.47 bits per heavy atom. The molecule has 2 fully saturated rings. The molecule has 3 aromatic rings. The Balaban J connectivity index is 1.60. The van der Waals surface area contributed by atoms with Gasteiger partial charge in [-0.2, -0.15) is 0 Å². The van der Waals surface area contributed by atoms with Crippen LogP contribution in [0.3, 0.4) is 0 Å². The SMILES string of the molecule is CCc1cccc2c1NC(=O)[C@@]21N2CCC[C@@H]2[C@@H](C(=O)c2ccccc2)[C@@]12C(=O)Nc1ccccc12. The first-order valence-electron chi connectivity index (χ1n) is 12.8. The van der Waals surface area contributed by atoms with E-state index in [4.69, 9.17) is 0 Å². The fourth-order valence-electron chi connectivity index (χ4n) is 7.74. The van der Waals surface area contributed by atoms with Crippen LogP contribution in [0, 0.1) is 5.92 Å². The molecule has 7 rings (SSSR count). The molecule has 3 aromatic carbocycles. The van der Waals surface area contributed by atoms with Gasteiger partial charge in [0.1, 0.15) is 11.0 Å². The number of nitrogens with one attached hydrogen (secondary N) is 2. The Labute approximate surface area is 209 Å². The molecule has 0 saturated carbocycles. The number of carbonyl (C=O) groups excluding carboxylic acids is 3. The van der Waals surface area contributed by atoms with Crippen LogP contribution in [0.1, 0.15) is 46.8 Å². The van der Waals surface area contributed by atoms with Gasteiger partial charge in [-0.15, -0.1) is 0 Å². The van der Waals surface area contributed by atoms with E-state index in [9.17, 15) is 14.4 Å². The zero-order valence-electron chi connectivity index (χ0n) is 20.1. The van der Waals surface area contributed by atoms with Gasteiger partial charge in [0.15, 0.2) is 5.78 Å². The Bertz CT molecular complexity index is 1450. The smallest absolute Gasteiger partial charge is 0.251 e. The molecule has 0 radical (unpaired) electrons. The minimum atomic E-state index is -1.39. The van der Waals surface area contributed by atoms with Crippen molar-refractivity contribution in [1.82, 2.24) is 4.90 Å². The second-order valence-corrected chi connectivity index (χ2v) is 10.3. The molecule has 4 atom stereocenters. The summed E-state index contributed by atoms with van der Waals surface area (Å²) >= 11 is 0. The van der Waals surface area contributed by atoms with Crippen molar-refractivity contribution < 1.29 is 14.4 Å². The summed E-state index contributed by atoms with van der Waals surface area (Å²) in [7, 11) is 0. The summed E-state index contributed by atoms with van der Waals surface area (Å²) in [5, 5.41) is 6.28. The van der Waals surface area contributed by atoms with Crippen LogP contribution in [0.5, 0.6) is 0 Å². The topological polar surface area (TPSA) is 78.5 Å². The number of Topliss-reactive ketones (excluding diaryl/α,β-unsaturated/α-hetero) is 1. The third-order valence-electron chi connectivity index (χ3n) is 8.94. The van der Waals surface area contributed by atoms with E-state index in [1.165, 1.54) is 0 Å². The Kier molecular flexibility index (Phi) is 4.40. The zero-order chi connectivity index (χ0) is 24.7. The van der Waals surface area contributed by atoms with Crippen LogP contribution in [0.25, 0.3) is 0 Å². The summed E-state index contributed by atoms with van der Waals surface area (Å²) in [6, 6.07) is 22.6. The molecule has 0 bridgehead atoms. The summed E-state index contributed by atoms with van der Waals surface area (Å²) in [5.74, 6) is -1.25. The average molecular weight is 478 g/mol. The van der Waals surface area contributed by atoms with Crippen molar-refractivity contribution in [1.29, 1.82) is 0 Å². The molecule has 36 heavy (non-hydrogen) atoms. The van der Waals surface area contributed by atoms with Gasteiger partial charge in [0.05, 0.1) is 5.92 Å². The number of ketones is 1. The van der Waals surface area contributed by atoms with Crippen molar-refractivity contribution in [2.75, 3.05) is 17.2 Å². The first kappa shape index (κ1) is 21.5. The van der Waals surface area contributed by atoms with E-state index in [1.807, 2.05) is 72.8 Å². The van der Waals surface area contributed by atoms with Crippen LogP contribution < -0.4 is 10.6 Å². The highest BCUT2D eigenvalue weighted by atomic mass is 16.2. The average Bonchev–Trinajstić information content (AvgIpc) is 3.62. The Morgan fingerprint density at radius 2 is 1.67 bits per heavy atom. The van der Waals surface area contributed by atoms with E-state index in [0.29, 0.717) is 17.8 Å². The van der Waals surface area contributed by atoms with Gasteiger partial charge in [0.25, 0.3) is 5.91 Å². The maximum absolute atomic E-state index is 14.4. The van der Waals surface area contributed by atoms with Crippen LogP contribution >= 0.6 is 0 Å². The molecule has 2 amide bonds. The molecule has 6 nitrogen and oxygen atoms in total. The zero-order valence-corrected chi connectivity index (χ0v) is 20.1. The first-order valence-corrected chi connectivity index (χ1v) is 12.8. The van der Waals surface area contributed by atoms with Crippen LogP contribution in [0.15, 0.2) is 72.8 Å². The number of nitrogens with zero attached hydrogens (tertiary/aromatic N) is 1. The molecule has 2 N–H and O–H groups in total. The number of hydrogen-bond donors (Lipinski definition) is 2. The monoisotopic (exact) mass is 477 g/mol. The molecular formula is C30H27N3O3. The van der Waals surface area contributed by atoms with E-state index >= 15 is 0 Å². The van der Waals surface area contributed by atoms with Gasteiger partial charge in [-0.1, -0.05) is 73.7 Å². The van der Waals surface area contributed by atoms with Crippen molar-refractivity contribution in [3.63, 3.8) is 0 Å². The highest BCUT2D eigenvalue weighted by Gasteiger charge is 2.81. The van der Waals surface area contributed by atoms with Crippen molar-refractivity contribution in [3.8, 4) is 0 Å². The quantitative estimate of drug-likeness (QED) is 0.553. The normalized spacial score (nSPS) is 29.8. The maximum atomic E-state index is 14.4. The van der Waals surface area contributed by atoms with Gasteiger partial charge < -0.3 is 10.6 Å². The molecule has 0 aromatic heterocycles. The third-order valence-corrected chi connectivity index (χ3v) is 8.94. The molecule has 6 heteroatoms. The molecule has 2 spiro atoms. The van der Waals surface area contributed by atoms with Gasteiger partial charge in [-0.25, -0.2) is 0 Å². The predicted molar refractivity (Wildman–Crippen MR) is 137 cm³/mol. The highest BCUT2D eigenvalue weighted by Crippen LogP contribution is 2.68. The van der Waals surface area contributed by atoms with E-state index in [-0.39, 0.29) is 23.6 Å². The standard InChI is InChI=1S/C30H27N3O3/c1-2-18-12-8-14-21-25(18)32-28(36)30(21)29(20-13-6-7-15-22(20)31-27(29)35)24(23-16-9-17-33(23)30)26(34)19-10-4-3-5-11-19/h3-8,10-15,23-24H,2,9,16-17H2,1H3,(H,31,35)(H,32,36)/t23-,24+,29+,30+/m1/s1. The number of benzene rings is 3. The van der Waals surface area contributed by atoms with Gasteiger partial charge in [0, 0.05) is 28.5 Å². The number of rotatable bonds is 3. The highest BCUT2D eigenvalue weighted by molar-refractivity contribution is 6.21. The lowest BCUT2D eigenvalue weighted by Crippen LogP contribution is -2.62. The van der Waals surface area contributed by atoms with E-state index in [1.54, 1.807) is 0 Å². The van der Waals surface area contributed by atoms with Gasteiger partial charge in [-0.3, -0.25) is 19.3 Å². The minimum Gasteiger partial charge on any atom is -0.325 e. The lowest BCUT2D eigenvalue weighted by atomic mass is 9.57. The largest absolute Gasteiger partial charge is 0.325 e. The maximum Gasteiger partial charge on any atom is 0.251 e. The molecule has 0 unspecified atom stereocenters. The lowest BCUT2D eigenvalue weighted by Gasteiger charge is -2.43. The van der Waals surface area contributed by atoms with Crippen LogP contribution in [-0.4, -0.2) is 35.1 Å². The molecule has 4 heterocycles. The van der Waals surface area contributed by atoms with E-state index in [2.05, 4.69) is 22.5 Å². The van der Waals surface area contributed by atoms with Crippen molar-refractivity contribution >= 4 is 29.0 Å². The number of para-hydroxylation sites is 2. The first-order chi connectivity index (χ1) is 17.6. The third kappa shape index (κ3) is 2.29. The van der Waals surface area contributed by atoms with Crippen LogP contribution in [0.4, 0.5) is 11.4 Å². The van der Waals surface area contributed by atoms with Crippen molar-refractivity contribution in [2.45, 2.75) is 43.2 Å². The minimum absolute atomic E-state index is 0.0795. The predicted octanol–water partition coefficient (Wildman–Crippen LogP) is 4.26. The number of amides is 2. The molecular weight excluding hydrogens is 450 g/mol. The second-order valence-electron chi connectivity index (χ2n) is 10.3. The molecule has 0 aliphatic carbocycles. The number of anilines is 2. The summed E-state index contributed by atoms with van der Waals surface area (Å²) < 4.78 is 0. The van der Waals surface area contributed by atoms with Crippen molar-refractivity contribution in [2.24, 2.45) is 5.92 Å². The Morgan fingerprint density at radius 1 is 0.917 bits per heavy atom. The molecule has 180 valence electrons. The van der Waals surface area contributed by atoms with E-state index in [0.717, 1.165) is 41.6 Å². The summed E-state index contributed by atoms with van der Waals surface area (Å²) in [6.07, 6.45) is 2.39. The molecule has 4 aliphatic heterocycles. The van der Waals surface area contributed by atoms with Crippen LogP contribution in [0.2, 0.25) is 0 Å². The molecule has 2 saturated heterocycles.